The molecule has 0 unspecified atom stereocenters. The van der Waals surface area contributed by atoms with Gasteiger partial charge in [-0.05, 0) is 11.6 Å². The van der Waals surface area contributed by atoms with Crippen LogP contribution in [-0.2, 0) is 5.33 Å². The van der Waals surface area contributed by atoms with Crippen LogP contribution in [0.4, 0.5) is 8.78 Å². The van der Waals surface area contributed by atoms with Gasteiger partial charge in [0.05, 0.1) is 0 Å². The van der Waals surface area contributed by atoms with Crippen molar-refractivity contribution < 1.29 is 18.7 Å². The zero-order valence-electron chi connectivity index (χ0n) is 6.88. The van der Waals surface area contributed by atoms with Gasteiger partial charge in [0.1, 0.15) is 5.69 Å². The second-order valence-electron chi connectivity index (χ2n) is 2.51. The number of carboxylic acids is 1. The van der Waals surface area contributed by atoms with Crippen LogP contribution in [0.3, 0.4) is 0 Å². The summed E-state index contributed by atoms with van der Waals surface area (Å²) in [5, 5.41) is 8.76. The summed E-state index contributed by atoms with van der Waals surface area (Å²) in [6.45, 7) is 0. The predicted molar refractivity (Wildman–Crippen MR) is 48.8 cm³/mol. The maximum Gasteiger partial charge on any atom is 0.354 e. The summed E-state index contributed by atoms with van der Waals surface area (Å²) in [6, 6.07) is 0.892. The smallest absolute Gasteiger partial charge is 0.354 e. The highest BCUT2D eigenvalue weighted by Gasteiger charge is 2.16. The molecule has 0 aliphatic heterocycles. The van der Waals surface area contributed by atoms with Crippen molar-refractivity contribution in [2.24, 2.45) is 0 Å². The number of hydrogen-bond acceptors (Lipinski definition) is 2. The van der Waals surface area contributed by atoms with Gasteiger partial charge in [0.25, 0.3) is 6.43 Å². The Morgan fingerprint density at radius 1 is 1.64 bits per heavy atom. The van der Waals surface area contributed by atoms with Crippen molar-refractivity contribution in [2.45, 2.75) is 11.8 Å². The van der Waals surface area contributed by atoms with Gasteiger partial charge in [-0.2, -0.15) is 0 Å². The lowest BCUT2D eigenvalue weighted by atomic mass is 10.1. The summed E-state index contributed by atoms with van der Waals surface area (Å²) in [5.41, 5.74) is -0.371. The molecule has 3 nitrogen and oxygen atoms in total. The fourth-order valence-corrected chi connectivity index (χ4v) is 1.40. The number of rotatable bonds is 3. The fraction of sp³-hybridized carbons (Fsp3) is 0.250. The van der Waals surface area contributed by atoms with Crippen LogP contribution in [0.5, 0.6) is 0 Å². The SMILES string of the molecule is O=C(O)c1cc(C(F)F)c(CBr)cn1. The van der Waals surface area contributed by atoms with E-state index in [4.69, 9.17) is 5.11 Å². The molecule has 1 rings (SSSR count). The van der Waals surface area contributed by atoms with Crippen LogP contribution in [0.25, 0.3) is 0 Å². The Morgan fingerprint density at radius 2 is 2.29 bits per heavy atom. The second-order valence-corrected chi connectivity index (χ2v) is 3.07. The molecule has 0 saturated carbocycles. The van der Waals surface area contributed by atoms with E-state index in [9.17, 15) is 13.6 Å². The summed E-state index contributed by atoms with van der Waals surface area (Å²) in [5.74, 6) is -1.31. The van der Waals surface area contributed by atoms with Crippen LogP contribution < -0.4 is 0 Å². The van der Waals surface area contributed by atoms with E-state index in [1.165, 1.54) is 0 Å². The Labute approximate surface area is 86.9 Å². The van der Waals surface area contributed by atoms with Gasteiger partial charge >= 0.3 is 5.97 Å². The van der Waals surface area contributed by atoms with Gasteiger partial charge in [-0.15, -0.1) is 0 Å². The minimum atomic E-state index is -2.69. The molecule has 0 spiro atoms. The van der Waals surface area contributed by atoms with Crippen molar-refractivity contribution in [2.75, 3.05) is 0 Å². The molecule has 14 heavy (non-hydrogen) atoms. The summed E-state index contributed by atoms with van der Waals surface area (Å²) < 4.78 is 24.8. The van der Waals surface area contributed by atoms with Crippen LogP contribution in [0.15, 0.2) is 12.3 Å². The third kappa shape index (κ3) is 2.25. The zero-order chi connectivity index (χ0) is 10.7. The van der Waals surface area contributed by atoms with Gasteiger partial charge in [-0.25, -0.2) is 18.6 Å². The number of carboxylic acid groups (broad SMARTS) is 1. The van der Waals surface area contributed by atoms with E-state index in [2.05, 4.69) is 20.9 Å². The summed E-state index contributed by atoms with van der Waals surface area (Å²) >= 11 is 3.02. The van der Waals surface area contributed by atoms with Crippen LogP contribution in [0.1, 0.15) is 28.0 Å². The molecule has 1 aromatic heterocycles. The Hall–Kier alpha value is -1.04. The monoisotopic (exact) mass is 265 g/mol. The molecular weight excluding hydrogens is 260 g/mol. The van der Waals surface area contributed by atoms with Crippen molar-refractivity contribution >= 4 is 21.9 Å². The Bertz CT molecular complexity index is 357. The fourth-order valence-electron chi connectivity index (χ4n) is 0.931. The van der Waals surface area contributed by atoms with Crippen molar-refractivity contribution in [3.05, 3.63) is 29.1 Å². The number of nitrogens with zero attached hydrogens (tertiary/aromatic N) is 1. The van der Waals surface area contributed by atoms with Gasteiger partial charge in [0.15, 0.2) is 0 Å². The molecule has 0 bridgehead atoms. The van der Waals surface area contributed by atoms with Gasteiger partial charge in [0.2, 0.25) is 0 Å². The minimum absolute atomic E-state index is 0.222. The second kappa shape index (κ2) is 4.45. The van der Waals surface area contributed by atoms with E-state index >= 15 is 0 Å². The number of hydrogen-bond donors (Lipinski definition) is 1. The Balaban J connectivity index is 3.20. The molecule has 76 valence electrons. The van der Waals surface area contributed by atoms with Gasteiger partial charge in [0, 0.05) is 17.1 Å². The lowest BCUT2D eigenvalue weighted by Crippen LogP contribution is -2.03. The molecule has 1 aromatic rings. The molecule has 0 aromatic carbocycles. The average Bonchev–Trinajstić information content (AvgIpc) is 2.16. The van der Waals surface area contributed by atoms with Crippen molar-refractivity contribution in [3.8, 4) is 0 Å². The van der Waals surface area contributed by atoms with Crippen LogP contribution in [0, 0.1) is 0 Å². The standard InChI is InChI=1S/C8H6BrF2NO2/c9-2-4-3-12-6(8(13)14)1-5(4)7(10)11/h1,3,7H,2H2,(H,13,14). The van der Waals surface area contributed by atoms with Crippen molar-refractivity contribution in [1.82, 2.24) is 4.98 Å². The van der Waals surface area contributed by atoms with Crippen molar-refractivity contribution in [1.29, 1.82) is 0 Å². The van der Waals surface area contributed by atoms with E-state index in [1.807, 2.05) is 0 Å². The number of halogens is 3. The lowest BCUT2D eigenvalue weighted by molar-refractivity contribution is 0.0690. The molecule has 0 radical (unpaired) electrons. The lowest BCUT2D eigenvalue weighted by Gasteiger charge is -2.05. The molecule has 6 heteroatoms. The first-order chi connectivity index (χ1) is 6.56. The molecule has 1 N–H and O–H groups in total. The van der Waals surface area contributed by atoms with Gasteiger partial charge < -0.3 is 5.11 Å². The maximum absolute atomic E-state index is 12.4. The molecule has 0 atom stereocenters. The molecule has 0 amide bonds. The minimum Gasteiger partial charge on any atom is -0.477 e. The molecule has 1 heterocycles. The molecule has 0 aliphatic carbocycles. The normalized spacial score (nSPS) is 10.6. The topological polar surface area (TPSA) is 50.2 Å². The first-order valence-electron chi connectivity index (χ1n) is 3.62. The first kappa shape index (κ1) is 11.0. The van der Waals surface area contributed by atoms with Gasteiger partial charge in [-0.1, -0.05) is 15.9 Å². The highest BCUT2D eigenvalue weighted by atomic mass is 79.9. The quantitative estimate of drug-likeness (QED) is 0.855. The first-order valence-corrected chi connectivity index (χ1v) is 4.74. The maximum atomic E-state index is 12.4. The summed E-state index contributed by atoms with van der Waals surface area (Å²) in [4.78, 5) is 14.0. The molecule has 0 saturated heterocycles. The largest absolute Gasteiger partial charge is 0.477 e. The zero-order valence-corrected chi connectivity index (χ0v) is 8.46. The number of carbonyl (C=O) groups is 1. The number of aromatic nitrogens is 1. The molecule has 0 fully saturated rings. The van der Waals surface area contributed by atoms with E-state index in [1.54, 1.807) is 0 Å². The number of alkyl halides is 3. The number of aromatic carboxylic acids is 1. The Morgan fingerprint density at radius 3 is 2.71 bits per heavy atom. The van der Waals surface area contributed by atoms with E-state index in [-0.39, 0.29) is 16.6 Å². The van der Waals surface area contributed by atoms with Crippen LogP contribution in [0.2, 0.25) is 0 Å². The van der Waals surface area contributed by atoms with Crippen LogP contribution in [-0.4, -0.2) is 16.1 Å². The molecule has 0 aliphatic rings. The third-order valence-corrected chi connectivity index (χ3v) is 2.22. The van der Waals surface area contributed by atoms with E-state index in [0.717, 1.165) is 12.3 Å². The van der Waals surface area contributed by atoms with Crippen molar-refractivity contribution in [3.63, 3.8) is 0 Å². The van der Waals surface area contributed by atoms with E-state index < -0.39 is 12.4 Å². The average molecular weight is 266 g/mol. The molecular formula is C8H6BrF2NO2. The van der Waals surface area contributed by atoms with E-state index in [0.29, 0.717) is 5.56 Å². The predicted octanol–water partition coefficient (Wildman–Crippen LogP) is 2.61. The van der Waals surface area contributed by atoms with Crippen LogP contribution >= 0.6 is 15.9 Å². The summed E-state index contributed by atoms with van der Waals surface area (Å²) in [6.07, 6.45) is -1.55. The third-order valence-electron chi connectivity index (χ3n) is 1.62. The highest BCUT2D eigenvalue weighted by molar-refractivity contribution is 9.08. The Kier molecular flexibility index (Phi) is 3.51. The number of pyridine rings is 1. The summed E-state index contributed by atoms with van der Waals surface area (Å²) in [7, 11) is 0. The highest BCUT2D eigenvalue weighted by Crippen LogP contribution is 2.24. The van der Waals surface area contributed by atoms with Gasteiger partial charge in [-0.3, -0.25) is 0 Å².